The van der Waals surface area contributed by atoms with Crippen molar-refractivity contribution in [1.82, 2.24) is 15.6 Å². The number of ether oxygens (including phenoxy) is 2. The third kappa shape index (κ3) is 8.24. The van der Waals surface area contributed by atoms with Crippen molar-refractivity contribution in [2.24, 2.45) is 0 Å². The van der Waals surface area contributed by atoms with Crippen molar-refractivity contribution in [3.63, 3.8) is 0 Å². The Morgan fingerprint density at radius 2 is 2.00 bits per heavy atom. The lowest BCUT2D eigenvalue weighted by Crippen LogP contribution is -2.41. The van der Waals surface area contributed by atoms with Crippen LogP contribution in [0.4, 0.5) is 10.6 Å². The van der Waals surface area contributed by atoms with Gasteiger partial charge in [0, 0.05) is 32.6 Å². The highest BCUT2D eigenvalue weighted by Crippen LogP contribution is 2.10. The van der Waals surface area contributed by atoms with E-state index in [1.54, 1.807) is 19.4 Å². The standard InChI is InChI=1S/C17H30N4O3/c1-12(13(2)23-6)20-11-18-9-14-7-8-15(19-10-14)21-16(22)24-17(3,4)5/h7-8,10,12-13,18,20H,9,11H2,1-6H3,(H,19,21,22). The fraction of sp³-hybridized carbons (Fsp3) is 0.647. The first kappa shape index (κ1) is 20.3. The van der Waals surface area contributed by atoms with Gasteiger partial charge in [0.2, 0.25) is 0 Å². The summed E-state index contributed by atoms with van der Waals surface area (Å²) in [7, 11) is 1.70. The molecule has 0 spiro atoms. The molecule has 1 aromatic heterocycles. The van der Waals surface area contributed by atoms with Crippen molar-refractivity contribution in [3.05, 3.63) is 23.9 Å². The molecule has 1 rings (SSSR count). The summed E-state index contributed by atoms with van der Waals surface area (Å²) < 4.78 is 10.4. The predicted octanol–water partition coefficient (Wildman–Crippen LogP) is 2.49. The van der Waals surface area contributed by atoms with Crippen LogP contribution < -0.4 is 16.0 Å². The van der Waals surface area contributed by atoms with Crippen LogP contribution in [0.5, 0.6) is 0 Å². The van der Waals surface area contributed by atoms with Gasteiger partial charge in [-0.1, -0.05) is 6.07 Å². The van der Waals surface area contributed by atoms with E-state index in [-0.39, 0.29) is 12.1 Å². The highest BCUT2D eigenvalue weighted by atomic mass is 16.6. The third-order valence-corrected chi connectivity index (χ3v) is 3.41. The second kappa shape index (κ2) is 9.56. The molecule has 0 bridgehead atoms. The van der Waals surface area contributed by atoms with Gasteiger partial charge >= 0.3 is 6.09 Å². The van der Waals surface area contributed by atoms with Crippen molar-refractivity contribution in [3.8, 4) is 0 Å². The molecule has 2 atom stereocenters. The molecule has 0 radical (unpaired) electrons. The molecule has 0 saturated carbocycles. The minimum absolute atomic E-state index is 0.159. The van der Waals surface area contributed by atoms with E-state index in [9.17, 15) is 4.79 Å². The number of nitrogens with zero attached hydrogens (tertiary/aromatic N) is 1. The summed E-state index contributed by atoms with van der Waals surface area (Å²) in [6.45, 7) is 10.9. The van der Waals surface area contributed by atoms with Gasteiger partial charge in [0.25, 0.3) is 0 Å². The van der Waals surface area contributed by atoms with Crippen molar-refractivity contribution in [2.45, 2.75) is 58.9 Å². The van der Waals surface area contributed by atoms with Gasteiger partial charge in [-0.25, -0.2) is 9.78 Å². The molecule has 1 heterocycles. The van der Waals surface area contributed by atoms with E-state index in [0.29, 0.717) is 19.0 Å². The fourth-order valence-electron chi connectivity index (χ4n) is 1.82. The number of carbonyl (C=O) groups is 1. The molecular formula is C17H30N4O3. The topological polar surface area (TPSA) is 84.5 Å². The van der Waals surface area contributed by atoms with Crippen LogP contribution in [0.25, 0.3) is 0 Å². The lowest BCUT2D eigenvalue weighted by Gasteiger charge is -2.20. The molecule has 2 unspecified atom stereocenters. The van der Waals surface area contributed by atoms with Gasteiger partial charge in [-0.15, -0.1) is 0 Å². The normalized spacial score (nSPS) is 14.1. The van der Waals surface area contributed by atoms with Crippen LogP contribution in [0.3, 0.4) is 0 Å². The highest BCUT2D eigenvalue weighted by Gasteiger charge is 2.16. The van der Waals surface area contributed by atoms with Crippen molar-refractivity contribution in [2.75, 3.05) is 19.1 Å². The second-order valence-corrected chi connectivity index (χ2v) is 6.72. The summed E-state index contributed by atoms with van der Waals surface area (Å²) in [6.07, 6.45) is 1.37. The smallest absolute Gasteiger partial charge is 0.413 e. The van der Waals surface area contributed by atoms with Crippen LogP contribution in [0, 0.1) is 0 Å². The van der Waals surface area contributed by atoms with E-state index >= 15 is 0 Å². The van der Waals surface area contributed by atoms with Crippen LogP contribution >= 0.6 is 0 Å². The summed E-state index contributed by atoms with van der Waals surface area (Å²) in [5, 5.41) is 9.22. The summed E-state index contributed by atoms with van der Waals surface area (Å²) in [5.41, 5.74) is 0.497. The lowest BCUT2D eigenvalue weighted by atomic mass is 10.2. The maximum atomic E-state index is 11.7. The van der Waals surface area contributed by atoms with Crippen molar-refractivity contribution >= 4 is 11.9 Å². The van der Waals surface area contributed by atoms with Crippen LogP contribution in [0.15, 0.2) is 18.3 Å². The van der Waals surface area contributed by atoms with E-state index in [2.05, 4.69) is 27.9 Å². The lowest BCUT2D eigenvalue weighted by molar-refractivity contribution is 0.0635. The van der Waals surface area contributed by atoms with E-state index in [0.717, 1.165) is 5.56 Å². The molecule has 1 amide bonds. The molecule has 0 fully saturated rings. The number of anilines is 1. The van der Waals surface area contributed by atoms with Gasteiger partial charge in [0.1, 0.15) is 11.4 Å². The predicted molar refractivity (Wildman–Crippen MR) is 94.9 cm³/mol. The Morgan fingerprint density at radius 1 is 1.29 bits per heavy atom. The maximum absolute atomic E-state index is 11.7. The number of methoxy groups -OCH3 is 1. The zero-order chi connectivity index (χ0) is 18.2. The first-order valence-electron chi connectivity index (χ1n) is 8.13. The third-order valence-electron chi connectivity index (χ3n) is 3.41. The van der Waals surface area contributed by atoms with Crippen LogP contribution in [-0.2, 0) is 16.0 Å². The van der Waals surface area contributed by atoms with E-state index < -0.39 is 11.7 Å². The van der Waals surface area contributed by atoms with Gasteiger partial charge in [0.15, 0.2) is 0 Å². The number of aromatic nitrogens is 1. The summed E-state index contributed by atoms with van der Waals surface area (Å²) in [5.74, 6) is 0.466. The SMILES string of the molecule is COC(C)C(C)NCNCc1ccc(NC(=O)OC(C)(C)C)nc1. The Labute approximate surface area is 144 Å². The van der Waals surface area contributed by atoms with Crippen LogP contribution in [-0.4, -0.2) is 42.6 Å². The molecule has 1 aromatic rings. The van der Waals surface area contributed by atoms with Gasteiger partial charge < -0.3 is 14.8 Å². The molecule has 0 aromatic carbocycles. The Hall–Kier alpha value is -1.70. The van der Waals surface area contributed by atoms with E-state index in [1.165, 1.54) is 0 Å². The largest absolute Gasteiger partial charge is 0.444 e. The number of hydrogen-bond donors (Lipinski definition) is 3. The minimum atomic E-state index is -0.529. The Balaban J connectivity index is 2.33. The summed E-state index contributed by atoms with van der Waals surface area (Å²) >= 11 is 0. The quantitative estimate of drug-likeness (QED) is 0.499. The second-order valence-electron chi connectivity index (χ2n) is 6.72. The zero-order valence-electron chi connectivity index (χ0n) is 15.5. The van der Waals surface area contributed by atoms with Gasteiger partial charge in [-0.3, -0.25) is 10.6 Å². The number of hydrogen-bond acceptors (Lipinski definition) is 6. The summed E-state index contributed by atoms with van der Waals surface area (Å²) in [6, 6.07) is 3.93. The average Bonchev–Trinajstić information content (AvgIpc) is 2.50. The molecule has 136 valence electrons. The first-order chi connectivity index (χ1) is 11.2. The molecule has 0 aliphatic heterocycles. The average molecular weight is 338 g/mol. The minimum Gasteiger partial charge on any atom is -0.444 e. The number of amides is 1. The molecule has 3 N–H and O–H groups in total. The molecular weight excluding hydrogens is 308 g/mol. The van der Waals surface area contributed by atoms with Crippen LogP contribution in [0.1, 0.15) is 40.2 Å². The highest BCUT2D eigenvalue weighted by molar-refractivity contribution is 5.83. The molecule has 7 nitrogen and oxygen atoms in total. The first-order valence-corrected chi connectivity index (χ1v) is 8.13. The molecule has 7 heteroatoms. The Kier molecular flexibility index (Phi) is 8.10. The number of pyridine rings is 1. The van der Waals surface area contributed by atoms with Gasteiger partial charge in [-0.05, 0) is 46.2 Å². The Bertz CT molecular complexity index is 500. The number of nitrogens with one attached hydrogen (secondary N) is 3. The molecule has 0 aliphatic carbocycles. The van der Waals surface area contributed by atoms with Gasteiger partial charge in [0.05, 0.1) is 6.10 Å². The van der Waals surface area contributed by atoms with Crippen LogP contribution in [0.2, 0.25) is 0 Å². The van der Waals surface area contributed by atoms with E-state index in [1.807, 2.05) is 33.8 Å². The number of carbonyl (C=O) groups excluding carboxylic acids is 1. The fourth-order valence-corrected chi connectivity index (χ4v) is 1.82. The Morgan fingerprint density at radius 3 is 2.54 bits per heavy atom. The van der Waals surface area contributed by atoms with Gasteiger partial charge in [-0.2, -0.15) is 0 Å². The van der Waals surface area contributed by atoms with E-state index in [4.69, 9.17) is 9.47 Å². The molecule has 24 heavy (non-hydrogen) atoms. The maximum Gasteiger partial charge on any atom is 0.413 e. The molecule has 0 saturated heterocycles. The van der Waals surface area contributed by atoms with Crippen molar-refractivity contribution in [1.29, 1.82) is 0 Å². The molecule has 0 aliphatic rings. The van der Waals surface area contributed by atoms with Crippen molar-refractivity contribution < 1.29 is 14.3 Å². The summed E-state index contributed by atoms with van der Waals surface area (Å²) in [4.78, 5) is 15.9. The zero-order valence-corrected chi connectivity index (χ0v) is 15.5. The number of rotatable bonds is 8. The monoisotopic (exact) mass is 338 g/mol.